The Morgan fingerprint density at radius 1 is 1.32 bits per heavy atom. The molecule has 1 aliphatic carbocycles. The Hall–Kier alpha value is -1.40. The van der Waals surface area contributed by atoms with Crippen LogP contribution in [0.2, 0.25) is 0 Å². The van der Waals surface area contributed by atoms with Crippen LogP contribution in [0.4, 0.5) is 11.6 Å². The number of anilines is 2. The van der Waals surface area contributed by atoms with E-state index in [0.717, 1.165) is 43.7 Å². The molecule has 1 heterocycles. The molecule has 0 unspecified atom stereocenters. The van der Waals surface area contributed by atoms with E-state index in [1.54, 1.807) is 0 Å². The summed E-state index contributed by atoms with van der Waals surface area (Å²) in [4.78, 5) is 8.50. The number of nitrogen functional groups attached to an aromatic ring is 1. The van der Waals surface area contributed by atoms with E-state index in [1.807, 2.05) is 6.92 Å². The minimum Gasteiger partial charge on any atom is -0.378 e. The van der Waals surface area contributed by atoms with Crippen LogP contribution < -0.4 is 16.6 Å². The topological polar surface area (TPSA) is 85.1 Å². The maximum atomic E-state index is 5.56. The van der Waals surface area contributed by atoms with Crippen LogP contribution in [0.3, 0.4) is 0 Å². The van der Waals surface area contributed by atoms with Gasteiger partial charge in [0, 0.05) is 18.2 Å². The summed E-state index contributed by atoms with van der Waals surface area (Å²) in [7, 11) is 0. The van der Waals surface area contributed by atoms with E-state index in [0.29, 0.717) is 18.0 Å². The zero-order valence-corrected chi connectivity index (χ0v) is 11.6. The molecule has 6 nitrogen and oxygen atoms in total. The predicted molar refractivity (Wildman–Crippen MR) is 75.9 cm³/mol. The fraction of sp³-hybridized carbons (Fsp3) is 0.692. The third-order valence-electron chi connectivity index (χ3n) is 3.42. The smallest absolute Gasteiger partial charge is 0.148 e. The number of hydrogen-bond donors (Lipinski definition) is 3. The number of nitrogens with zero attached hydrogens (tertiary/aromatic N) is 2. The van der Waals surface area contributed by atoms with Gasteiger partial charge in [-0.1, -0.05) is 13.3 Å². The molecule has 0 saturated heterocycles. The van der Waals surface area contributed by atoms with Gasteiger partial charge >= 0.3 is 0 Å². The van der Waals surface area contributed by atoms with E-state index in [9.17, 15) is 0 Å². The average Bonchev–Trinajstić information content (AvgIpc) is 2.38. The molecule has 0 spiro atoms. The number of hydrazine groups is 1. The van der Waals surface area contributed by atoms with Crippen molar-refractivity contribution < 1.29 is 4.74 Å². The van der Waals surface area contributed by atoms with Gasteiger partial charge in [0.05, 0.1) is 6.10 Å². The normalized spacial score (nSPS) is 21.8. The van der Waals surface area contributed by atoms with Crippen LogP contribution in [0.25, 0.3) is 0 Å². The number of ether oxygens (including phenoxy) is 1. The molecule has 106 valence electrons. The highest BCUT2D eigenvalue weighted by Crippen LogP contribution is 2.29. The van der Waals surface area contributed by atoms with Crippen molar-refractivity contribution in [1.82, 2.24) is 9.97 Å². The molecule has 6 heteroatoms. The number of aromatic nitrogens is 2. The second-order valence-electron chi connectivity index (χ2n) is 4.83. The highest BCUT2D eigenvalue weighted by atomic mass is 16.5. The van der Waals surface area contributed by atoms with Gasteiger partial charge in [0.1, 0.15) is 18.0 Å². The molecule has 0 aromatic carbocycles. The molecule has 1 aromatic heterocycles. The summed E-state index contributed by atoms with van der Waals surface area (Å²) in [5.74, 6) is 7.10. The van der Waals surface area contributed by atoms with Crippen LogP contribution in [-0.2, 0) is 11.2 Å². The van der Waals surface area contributed by atoms with Crippen LogP contribution in [0.1, 0.15) is 38.7 Å². The first-order chi connectivity index (χ1) is 9.28. The van der Waals surface area contributed by atoms with Gasteiger partial charge in [0.2, 0.25) is 0 Å². The Labute approximate surface area is 114 Å². The molecule has 19 heavy (non-hydrogen) atoms. The van der Waals surface area contributed by atoms with Crippen molar-refractivity contribution in [2.45, 2.75) is 51.7 Å². The first-order valence-corrected chi connectivity index (χ1v) is 6.97. The summed E-state index contributed by atoms with van der Waals surface area (Å²) in [5, 5.41) is 3.47. The zero-order chi connectivity index (χ0) is 13.7. The highest BCUT2D eigenvalue weighted by molar-refractivity contribution is 5.57. The molecule has 0 atom stereocenters. The van der Waals surface area contributed by atoms with Gasteiger partial charge in [-0.3, -0.25) is 0 Å². The first-order valence-electron chi connectivity index (χ1n) is 6.97. The molecule has 0 bridgehead atoms. The molecule has 1 fully saturated rings. The molecule has 4 N–H and O–H groups in total. The highest BCUT2D eigenvalue weighted by Gasteiger charge is 2.30. The fourth-order valence-electron chi connectivity index (χ4n) is 2.40. The third kappa shape index (κ3) is 3.33. The van der Waals surface area contributed by atoms with Crippen LogP contribution in [0, 0.1) is 0 Å². The van der Waals surface area contributed by atoms with Gasteiger partial charge in [-0.2, -0.15) is 0 Å². The van der Waals surface area contributed by atoms with Crippen LogP contribution in [-0.4, -0.2) is 28.7 Å². The Kier molecular flexibility index (Phi) is 4.93. The molecular formula is C13H23N5O. The molecule has 0 aliphatic heterocycles. The first kappa shape index (κ1) is 14.0. The van der Waals surface area contributed by atoms with Crippen molar-refractivity contribution in [1.29, 1.82) is 0 Å². The van der Waals surface area contributed by atoms with Gasteiger partial charge in [0.25, 0.3) is 0 Å². The average molecular weight is 265 g/mol. The Morgan fingerprint density at radius 2 is 2.05 bits per heavy atom. The maximum absolute atomic E-state index is 5.56. The van der Waals surface area contributed by atoms with Crippen LogP contribution >= 0.6 is 0 Å². The van der Waals surface area contributed by atoms with Crippen LogP contribution in [0.5, 0.6) is 0 Å². The summed E-state index contributed by atoms with van der Waals surface area (Å²) in [6.45, 7) is 4.95. The monoisotopic (exact) mass is 265 g/mol. The Balaban J connectivity index is 2.00. The van der Waals surface area contributed by atoms with Crippen molar-refractivity contribution in [3.8, 4) is 0 Å². The van der Waals surface area contributed by atoms with Gasteiger partial charge in [-0.05, 0) is 26.2 Å². The second kappa shape index (κ2) is 6.68. The number of hydrogen-bond acceptors (Lipinski definition) is 6. The maximum Gasteiger partial charge on any atom is 0.148 e. The van der Waals surface area contributed by atoms with E-state index < -0.39 is 0 Å². The van der Waals surface area contributed by atoms with Crippen LogP contribution in [0.15, 0.2) is 6.33 Å². The summed E-state index contributed by atoms with van der Waals surface area (Å²) in [6, 6.07) is 0.438. The number of rotatable bonds is 7. The Morgan fingerprint density at radius 3 is 2.68 bits per heavy atom. The minimum absolute atomic E-state index is 0.395. The lowest BCUT2D eigenvalue weighted by Gasteiger charge is -2.36. The minimum atomic E-state index is 0.395. The SMILES string of the molecule is CCCc1c(NN)ncnc1NC1CC(OCC)C1. The van der Waals surface area contributed by atoms with Crippen molar-refractivity contribution in [2.24, 2.45) is 5.84 Å². The summed E-state index contributed by atoms with van der Waals surface area (Å²) in [5.41, 5.74) is 3.71. The molecule has 1 aromatic rings. The third-order valence-corrected chi connectivity index (χ3v) is 3.42. The molecule has 0 amide bonds. The largest absolute Gasteiger partial charge is 0.378 e. The molecule has 1 aliphatic rings. The summed E-state index contributed by atoms with van der Waals surface area (Å²) >= 11 is 0. The van der Waals surface area contributed by atoms with Crippen molar-refractivity contribution in [3.05, 3.63) is 11.9 Å². The van der Waals surface area contributed by atoms with Gasteiger partial charge in [-0.15, -0.1) is 0 Å². The lowest BCUT2D eigenvalue weighted by atomic mass is 9.89. The van der Waals surface area contributed by atoms with E-state index >= 15 is 0 Å². The van der Waals surface area contributed by atoms with Crippen molar-refractivity contribution in [2.75, 3.05) is 17.3 Å². The second-order valence-corrected chi connectivity index (χ2v) is 4.83. The molecule has 0 radical (unpaired) electrons. The van der Waals surface area contributed by atoms with Gasteiger partial charge < -0.3 is 15.5 Å². The Bertz CT molecular complexity index is 406. The number of nitrogens with one attached hydrogen (secondary N) is 2. The number of nitrogens with two attached hydrogens (primary N) is 1. The molecule has 1 saturated carbocycles. The van der Waals surface area contributed by atoms with Gasteiger partial charge in [0.15, 0.2) is 0 Å². The fourth-order valence-corrected chi connectivity index (χ4v) is 2.40. The van der Waals surface area contributed by atoms with E-state index in [4.69, 9.17) is 10.6 Å². The van der Waals surface area contributed by atoms with Gasteiger partial charge in [-0.25, -0.2) is 15.8 Å². The van der Waals surface area contributed by atoms with E-state index in [-0.39, 0.29) is 0 Å². The van der Waals surface area contributed by atoms with E-state index in [1.165, 1.54) is 6.33 Å². The summed E-state index contributed by atoms with van der Waals surface area (Å²) in [6.07, 6.45) is 5.94. The van der Waals surface area contributed by atoms with Crippen molar-refractivity contribution in [3.63, 3.8) is 0 Å². The molecule has 2 rings (SSSR count). The molecular weight excluding hydrogens is 242 g/mol. The lowest BCUT2D eigenvalue weighted by molar-refractivity contribution is 0.00291. The predicted octanol–water partition coefficient (Wildman–Crippen LogP) is 1.69. The van der Waals surface area contributed by atoms with Crippen molar-refractivity contribution >= 4 is 11.6 Å². The quantitative estimate of drug-likeness (QED) is 0.514. The standard InChI is InChI=1S/C13H23N5O/c1-3-5-11-12(15-8-16-13(11)18-14)17-9-6-10(7-9)19-4-2/h8-10H,3-7,14H2,1-2H3,(H2,15,16,17,18). The zero-order valence-electron chi connectivity index (χ0n) is 11.6. The van der Waals surface area contributed by atoms with E-state index in [2.05, 4.69) is 27.6 Å². The lowest BCUT2D eigenvalue weighted by Crippen LogP contribution is -2.41. The summed E-state index contributed by atoms with van der Waals surface area (Å²) < 4.78 is 5.56.